The molecule has 0 radical (unpaired) electrons. The number of aromatic nitrogens is 2. The zero-order valence-corrected chi connectivity index (χ0v) is 18.7. The van der Waals surface area contributed by atoms with E-state index in [0.717, 1.165) is 5.56 Å². The molecule has 1 amide bonds. The second-order valence-electron chi connectivity index (χ2n) is 7.14. The maximum atomic E-state index is 12.3. The van der Waals surface area contributed by atoms with E-state index in [-0.39, 0.29) is 11.4 Å². The molecule has 1 heterocycles. The van der Waals surface area contributed by atoms with Crippen molar-refractivity contribution >= 4 is 40.9 Å². The summed E-state index contributed by atoms with van der Waals surface area (Å²) in [5, 5.41) is 18.1. The average Bonchev–Trinajstić information content (AvgIpc) is 3.05. The third-order valence-corrected chi connectivity index (χ3v) is 5.06. The van der Waals surface area contributed by atoms with E-state index in [0.29, 0.717) is 23.0 Å². The number of carbonyl (C=O) groups is 2. The number of nitro benzene ring substituents is 1. The largest absolute Gasteiger partial charge is 0.449 e. The number of esters is 1. The number of hydrogen-bond acceptors (Lipinski definition) is 6. The van der Waals surface area contributed by atoms with Crippen molar-refractivity contribution in [1.82, 2.24) is 9.78 Å². The molecule has 0 aliphatic rings. The van der Waals surface area contributed by atoms with E-state index >= 15 is 0 Å². The van der Waals surface area contributed by atoms with E-state index in [9.17, 15) is 19.7 Å². The van der Waals surface area contributed by atoms with Gasteiger partial charge in [0.25, 0.3) is 11.6 Å². The summed E-state index contributed by atoms with van der Waals surface area (Å²) >= 11 is 6.43. The maximum Gasteiger partial charge on any atom is 0.331 e. The zero-order chi connectivity index (χ0) is 24.0. The molecule has 2 aromatic carbocycles. The van der Waals surface area contributed by atoms with Crippen LogP contribution in [0.2, 0.25) is 5.15 Å². The van der Waals surface area contributed by atoms with Gasteiger partial charge in [-0.15, -0.1) is 0 Å². The molecule has 0 bridgehead atoms. The molecule has 0 saturated carbocycles. The molecular formula is C23H21ClN4O5. The summed E-state index contributed by atoms with van der Waals surface area (Å²) in [6.45, 7) is 3.65. The molecular weight excluding hydrogens is 448 g/mol. The summed E-state index contributed by atoms with van der Waals surface area (Å²) < 4.78 is 6.76. The molecule has 1 N–H and O–H groups in total. The standard InChI is InChI=1S/C23H21ClN4O5/c1-15-20(22(24)27(26-15)14-17-7-4-3-5-8-17)11-12-21(29)33-16(2)23(30)25-18-9-6-10-19(13-18)28(31)32/h3-13,16H,14H2,1-2H3,(H,25,30)/b12-11+. The summed E-state index contributed by atoms with van der Waals surface area (Å²) in [5.41, 5.74) is 2.29. The number of halogens is 1. The Morgan fingerprint density at radius 2 is 1.97 bits per heavy atom. The normalized spacial score (nSPS) is 11.8. The van der Waals surface area contributed by atoms with E-state index < -0.39 is 22.9 Å². The molecule has 3 rings (SSSR count). The lowest BCUT2D eigenvalue weighted by Crippen LogP contribution is -2.29. The van der Waals surface area contributed by atoms with Gasteiger partial charge >= 0.3 is 5.97 Å². The third kappa shape index (κ3) is 6.27. The van der Waals surface area contributed by atoms with Crippen LogP contribution in [0.1, 0.15) is 23.7 Å². The Labute approximate surface area is 194 Å². The summed E-state index contributed by atoms with van der Waals surface area (Å²) in [4.78, 5) is 34.7. The van der Waals surface area contributed by atoms with E-state index in [1.807, 2.05) is 30.3 Å². The Balaban J connectivity index is 1.61. The van der Waals surface area contributed by atoms with Crippen LogP contribution >= 0.6 is 11.6 Å². The fourth-order valence-electron chi connectivity index (χ4n) is 2.98. The van der Waals surface area contributed by atoms with Crippen LogP contribution in [-0.4, -0.2) is 32.7 Å². The predicted octanol–water partition coefficient (Wildman–Crippen LogP) is 4.39. The molecule has 0 aliphatic carbocycles. The molecule has 0 spiro atoms. The van der Waals surface area contributed by atoms with E-state index in [4.69, 9.17) is 16.3 Å². The van der Waals surface area contributed by atoms with Gasteiger partial charge in [-0.2, -0.15) is 5.10 Å². The van der Waals surface area contributed by atoms with Crippen LogP contribution in [0.25, 0.3) is 6.08 Å². The van der Waals surface area contributed by atoms with Crippen molar-refractivity contribution in [1.29, 1.82) is 0 Å². The Bertz CT molecular complexity index is 1210. The Hall–Kier alpha value is -3.98. The van der Waals surface area contributed by atoms with Crippen LogP contribution in [-0.2, 0) is 20.9 Å². The average molecular weight is 469 g/mol. The number of nitro groups is 1. The van der Waals surface area contributed by atoms with Gasteiger partial charge in [-0.1, -0.05) is 48.0 Å². The molecule has 1 atom stereocenters. The van der Waals surface area contributed by atoms with Crippen LogP contribution in [0, 0.1) is 17.0 Å². The number of rotatable bonds is 8. The highest BCUT2D eigenvalue weighted by atomic mass is 35.5. The monoisotopic (exact) mass is 468 g/mol. The SMILES string of the molecule is Cc1nn(Cc2ccccc2)c(Cl)c1/C=C/C(=O)OC(C)C(=O)Nc1cccc([N+](=O)[O-])c1. The number of carbonyl (C=O) groups excluding carboxylic acids is 2. The van der Waals surface area contributed by atoms with Crippen molar-refractivity contribution in [3.8, 4) is 0 Å². The first-order valence-corrected chi connectivity index (χ1v) is 10.3. The number of ether oxygens (including phenoxy) is 1. The Morgan fingerprint density at radius 1 is 1.24 bits per heavy atom. The molecule has 1 unspecified atom stereocenters. The maximum absolute atomic E-state index is 12.3. The highest BCUT2D eigenvalue weighted by Crippen LogP contribution is 2.22. The highest BCUT2D eigenvalue weighted by Gasteiger charge is 2.18. The number of non-ortho nitro benzene ring substituents is 1. The van der Waals surface area contributed by atoms with Crippen molar-refractivity contribution < 1.29 is 19.2 Å². The predicted molar refractivity (Wildman–Crippen MR) is 124 cm³/mol. The lowest BCUT2D eigenvalue weighted by atomic mass is 10.2. The first kappa shape index (κ1) is 23.7. The minimum absolute atomic E-state index is 0.166. The van der Waals surface area contributed by atoms with Gasteiger partial charge in [-0.25, -0.2) is 9.48 Å². The van der Waals surface area contributed by atoms with Gasteiger partial charge in [0.2, 0.25) is 0 Å². The van der Waals surface area contributed by atoms with Crippen LogP contribution in [0.15, 0.2) is 60.7 Å². The molecule has 0 fully saturated rings. The number of nitrogens with zero attached hydrogens (tertiary/aromatic N) is 3. The first-order valence-electron chi connectivity index (χ1n) is 9.95. The summed E-state index contributed by atoms with van der Waals surface area (Å²) in [6, 6.07) is 15.1. The van der Waals surface area contributed by atoms with Gasteiger partial charge < -0.3 is 10.1 Å². The molecule has 1 aromatic heterocycles. The van der Waals surface area contributed by atoms with E-state index in [2.05, 4.69) is 10.4 Å². The van der Waals surface area contributed by atoms with Gasteiger partial charge in [0.05, 0.1) is 17.2 Å². The van der Waals surface area contributed by atoms with Crippen LogP contribution in [0.5, 0.6) is 0 Å². The topological polar surface area (TPSA) is 116 Å². The molecule has 0 saturated heterocycles. The molecule has 0 aliphatic heterocycles. The highest BCUT2D eigenvalue weighted by molar-refractivity contribution is 6.31. The van der Waals surface area contributed by atoms with Crippen LogP contribution in [0.4, 0.5) is 11.4 Å². The summed E-state index contributed by atoms with van der Waals surface area (Å²) in [7, 11) is 0. The van der Waals surface area contributed by atoms with Gasteiger partial charge in [0.15, 0.2) is 6.10 Å². The molecule has 10 heteroatoms. The minimum Gasteiger partial charge on any atom is -0.449 e. The second kappa shape index (κ2) is 10.6. The van der Waals surface area contributed by atoms with Crippen molar-refractivity contribution in [3.05, 3.63) is 92.8 Å². The molecule has 9 nitrogen and oxygen atoms in total. The van der Waals surface area contributed by atoms with Crippen molar-refractivity contribution in [2.75, 3.05) is 5.32 Å². The number of amides is 1. The number of nitrogens with one attached hydrogen (secondary N) is 1. The van der Waals surface area contributed by atoms with Crippen molar-refractivity contribution in [2.45, 2.75) is 26.5 Å². The van der Waals surface area contributed by atoms with Gasteiger partial charge in [-0.3, -0.25) is 14.9 Å². The number of anilines is 1. The first-order chi connectivity index (χ1) is 15.7. The number of benzene rings is 2. The second-order valence-corrected chi connectivity index (χ2v) is 7.50. The Morgan fingerprint density at radius 3 is 2.67 bits per heavy atom. The van der Waals surface area contributed by atoms with Crippen LogP contribution < -0.4 is 5.32 Å². The van der Waals surface area contributed by atoms with E-state index in [1.165, 1.54) is 43.3 Å². The van der Waals surface area contributed by atoms with Gasteiger partial charge in [-0.05, 0) is 31.6 Å². The smallest absolute Gasteiger partial charge is 0.331 e. The minimum atomic E-state index is -1.13. The molecule has 170 valence electrons. The quantitative estimate of drug-likeness (QED) is 0.227. The lowest BCUT2D eigenvalue weighted by Gasteiger charge is -2.12. The van der Waals surface area contributed by atoms with Crippen LogP contribution in [0.3, 0.4) is 0 Å². The Kier molecular flexibility index (Phi) is 7.57. The fourth-order valence-corrected chi connectivity index (χ4v) is 3.27. The van der Waals surface area contributed by atoms with Gasteiger partial charge in [0.1, 0.15) is 5.15 Å². The number of aryl methyl sites for hydroxylation is 1. The van der Waals surface area contributed by atoms with Gasteiger partial charge in [0, 0.05) is 29.5 Å². The fraction of sp³-hybridized carbons (Fsp3) is 0.174. The molecule has 3 aromatic rings. The summed E-state index contributed by atoms with van der Waals surface area (Å²) in [5.74, 6) is -1.37. The molecule has 33 heavy (non-hydrogen) atoms. The zero-order valence-electron chi connectivity index (χ0n) is 17.9. The lowest BCUT2D eigenvalue weighted by molar-refractivity contribution is -0.384. The van der Waals surface area contributed by atoms with Crippen molar-refractivity contribution in [3.63, 3.8) is 0 Å². The number of hydrogen-bond donors (Lipinski definition) is 1. The van der Waals surface area contributed by atoms with E-state index in [1.54, 1.807) is 11.6 Å². The third-order valence-electron chi connectivity index (χ3n) is 4.66. The van der Waals surface area contributed by atoms with Crippen molar-refractivity contribution in [2.24, 2.45) is 0 Å². The summed E-state index contributed by atoms with van der Waals surface area (Å²) in [6.07, 6.45) is 1.53.